The Labute approximate surface area is 157 Å². The zero-order chi connectivity index (χ0) is 18.0. The Morgan fingerprint density at radius 1 is 0.708 bits per heavy atom. The minimum absolute atomic E-state index is 1.19. The molecule has 24 heavy (non-hydrogen) atoms. The standard InChI is InChI=1S/C21H45N2S/c1-6-7-8-9-10-11-12-13-14-15-16-17-18-19-20-23(4)21(24-5)22(2)3/h6-20H2,1-5H3/q+1. The lowest BCUT2D eigenvalue weighted by Crippen LogP contribution is -2.31. The fraction of sp³-hybridized carbons (Fsp3) is 0.952. The van der Waals surface area contributed by atoms with E-state index < -0.39 is 0 Å². The Morgan fingerprint density at radius 3 is 1.42 bits per heavy atom. The van der Waals surface area contributed by atoms with Crippen molar-refractivity contribution in [2.45, 2.75) is 96.8 Å². The van der Waals surface area contributed by atoms with Crippen molar-refractivity contribution in [2.24, 2.45) is 0 Å². The van der Waals surface area contributed by atoms with Gasteiger partial charge in [-0.25, -0.2) is 0 Å². The van der Waals surface area contributed by atoms with Gasteiger partial charge >= 0.3 is 5.17 Å². The molecule has 0 aliphatic rings. The number of nitrogens with zero attached hydrogens (tertiary/aromatic N) is 2. The minimum Gasteiger partial charge on any atom is -0.262 e. The maximum atomic E-state index is 2.39. The van der Waals surface area contributed by atoms with Crippen molar-refractivity contribution in [1.29, 1.82) is 0 Å². The largest absolute Gasteiger partial charge is 0.307 e. The lowest BCUT2D eigenvalue weighted by molar-refractivity contribution is -0.466. The molecule has 0 aromatic rings. The first-order chi connectivity index (χ1) is 11.6. The highest BCUT2D eigenvalue weighted by Crippen LogP contribution is 2.13. The van der Waals surface area contributed by atoms with Gasteiger partial charge in [-0.05, 0) is 30.9 Å². The second kappa shape index (κ2) is 17.6. The van der Waals surface area contributed by atoms with Gasteiger partial charge in [0.2, 0.25) is 0 Å². The number of rotatable bonds is 15. The molecule has 0 aliphatic heterocycles. The zero-order valence-electron chi connectivity index (χ0n) is 17.4. The lowest BCUT2D eigenvalue weighted by Gasteiger charge is -2.14. The molecule has 0 unspecified atom stereocenters. The van der Waals surface area contributed by atoms with Gasteiger partial charge in [-0.15, -0.1) is 0 Å². The summed E-state index contributed by atoms with van der Waals surface area (Å²) in [4.78, 5) is 2.39. The van der Waals surface area contributed by atoms with E-state index in [9.17, 15) is 0 Å². The van der Waals surface area contributed by atoms with Gasteiger partial charge < -0.3 is 0 Å². The average Bonchev–Trinajstić information content (AvgIpc) is 2.55. The van der Waals surface area contributed by atoms with E-state index in [-0.39, 0.29) is 0 Å². The average molecular weight is 358 g/mol. The van der Waals surface area contributed by atoms with E-state index in [0.717, 1.165) is 0 Å². The molecule has 0 radical (unpaired) electrons. The van der Waals surface area contributed by atoms with Crippen LogP contribution in [0.2, 0.25) is 0 Å². The molecule has 0 bridgehead atoms. The Balaban J connectivity index is 3.30. The highest BCUT2D eigenvalue weighted by atomic mass is 32.2. The van der Waals surface area contributed by atoms with Gasteiger partial charge in [-0.3, -0.25) is 9.48 Å². The summed E-state index contributed by atoms with van der Waals surface area (Å²) in [6, 6.07) is 0. The lowest BCUT2D eigenvalue weighted by atomic mass is 10.0. The van der Waals surface area contributed by atoms with Crippen LogP contribution in [0.1, 0.15) is 96.8 Å². The van der Waals surface area contributed by atoms with Crippen molar-refractivity contribution in [3.63, 3.8) is 0 Å². The fourth-order valence-electron chi connectivity index (χ4n) is 3.32. The van der Waals surface area contributed by atoms with Gasteiger partial charge in [0, 0.05) is 0 Å². The van der Waals surface area contributed by atoms with Crippen molar-refractivity contribution in [1.82, 2.24) is 4.90 Å². The third-order valence-corrected chi connectivity index (χ3v) is 5.78. The van der Waals surface area contributed by atoms with E-state index in [4.69, 9.17) is 0 Å². The molecule has 0 N–H and O–H groups in total. The van der Waals surface area contributed by atoms with Crippen LogP contribution in [0.15, 0.2) is 0 Å². The quantitative estimate of drug-likeness (QED) is 0.145. The molecule has 0 saturated carbocycles. The summed E-state index contributed by atoms with van der Waals surface area (Å²) in [5.74, 6) is 0. The van der Waals surface area contributed by atoms with Gasteiger partial charge in [0.1, 0.15) is 0 Å². The summed E-state index contributed by atoms with van der Waals surface area (Å²) in [6.45, 7) is 3.48. The van der Waals surface area contributed by atoms with E-state index in [2.05, 4.69) is 43.8 Å². The van der Waals surface area contributed by atoms with Gasteiger partial charge in [0.05, 0.1) is 27.7 Å². The highest BCUT2D eigenvalue weighted by Gasteiger charge is 2.13. The molecule has 0 spiro atoms. The fourth-order valence-corrected chi connectivity index (χ4v) is 4.09. The van der Waals surface area contributed by atoms with Crippen LogP contribution in [0, 0.1) is 0 Å². The van der Waals surface area contributed by atoms with Crippen molar-refractivity contribution >= 4 is 16.9 Å². The Morgan fingerprint density at radius 2 is 1.08 bits per heavy atom. The van der Waals surface area contributed by atoms with Crippen LogP contribution >= 0.6 is 11.8 Å². The second-order valence-electron chi connectivity index (χ2n) is 7.40. The van der Waals surface area contributed by atoms with Gasteiger partial charge in [0.25, 0.3) is 0 Å². The van der Waals surface area contributed by atoms with E-state index in [0.29, 0.717) is 0 Å². The van der Waals surface area contributed by atoms with Crippen LogP contribution in [0.5, 0.6) is 0 Å². The highest BCUT2D eigenvalue weighted by molar-refractivity contribution is 8.12. The molecule has 0 atom stereocenters. The van der Waals surface area contributed by atoms with E-state index in [1.165, 1.54) is 102 Å². The molecular weight excluding hydrogens is 312 g/mol. The van der Waals surface area contributed by atoms with E-state index >= 15 is 0 Å². The van der Waals surface area contributed by atoms with Crippen molar-refractivity contribution in [2.75, 3.05) is 33.9 Å². The summed E-state index contributed by atoms with van der Waals surface area (Å²) in [7, 11) is 6.48. The summed E-state index contributed by atoms with van der Waals surface area (Å²) >= 11 is 1.84. The monoisotopic (exact) mass is 357 g/mol. The zero-order valence-corrected chi connectivity index (χ0v) is 18.2. The predicted molar refractivity (Wildman–Crippen MR) is 114 cm³/mol. The van der Waals surface area contributed by atoms with Crippen LogP contribution in [-0.4, -0.2) is 48.6 Å². The summed E-state index contributed by atoms with van der Waals surface area (Å²) in [5, 5.41) is 1.37. The van der Waals surface area contributed by atoms with Crippen molar-refractivity contribution in [3.8, 4) is 0 Å². The molecule has 0 aromatic carbocycles. The predicted octanol–water partition coefficient (Wildman–Crippen LogP) is 6.39. The topological polar surface area (TPSA) is 6.25 Å². The molecule has 0 heterocycles. The van der Waals surface area contributed by atoms with Crippen molar-refractivity contribution < 1.29 is 4.58 Å². The molecular formula is C21H45N2S+. The molecule has 144 valence electrons. The summed E-state index contributed by atoms with van der Waals surface area (Å²) in [6.07, 6.45) is 22.2. The SMILES string of the molecule is CCCCCCCCCCCCCCCCN(C)C(SC)=[N+](C)C. The third kappa shape index (κ3) is 14.2. The number of amidine groups is 1. The first-order valence-electron chi connectivity index (χ1n) is 10.4. The molecule has 2 nitrogen and oxygen atoms in total. The molecule has 0 amide bonds. The molecule has 0 aromatic heterocycles. The second-order valence-corrected chi connectivity index (χ2v) is 8.17. The number of hydrogen-bond acceptors (Lipinski definition) is 1. The van der Waals surface area contributed by atoms with E-state index in [1.807, 2.05) is 11.8 Å². The van der Waals surface area contributed by atoms with Crippen LogP contribution in [0.25, 0.3) is 0 Å². The Hall–Kier alpha value is -0.180. The Bertz CT molecular complexity index is 298. The molecule has 3 heteroatoms. The van der Waals surface area contributed by atoms with Crippen LogP contribution in [0.3, 0.4) is 0 Å². The first-order valence-corrected chi connectivity index (χ1v) is 11.6. The first kappa shape index (κ1) is 23.8. The number of unbranched alkanes of at least 4 members (excludes halogenated alkanes) is 13. The van der Waals surface area contributed by atoms with Crippen molar-refractivity contribution in [3.05, 3.63) is 0 Å². The normalized spacial score (nSPS) is 10.9. The molecule has 0 rings (SSSR count). The number of thioether (sulfide) groups is 1. The van der Waals surface area contributed by atoms with Crippen LogP contribution in [-0.2, 0) is 0 Å². The third-order valence-electron chi connectivity index (χ3n) is 4.74. The smallest absolute Gasteiger partial charge is 0.262 e. The van der Waals surface area contributed by atoms with Gasteiger partial charge in [-0.2, -0.15) is 0 Å². The van der Waals surface area contributed by atoms with Gasteiger partial charge in [0.15, 0.2) is 0 Å². The molecule has 0 fully saturated rings. The number of hydrogen-bond donors (Lipinski definition) is 0. The maximum absolute atomic E-state index is 2.39. The Kier molecular flexibility index (Phi) is 17.5. The summed E-state index contributed by atoms with van der Waals surface area (Å²) in [5.41, 5.74) is 0. The maximum Gasteiger partial charge on any atom is 0.307 e. The molecule has 0 aliphatic carbocycles. The van der Waals surface area contributed by atoms with E-state index in [1.54, 1.807) is 0 Å². The summed E-state index contributed by atoms with van der Waals surface area (Å²) < 4.78 is 2.22. The molecule has 0 saturated heterocycles. The van der Waals surface area contributed by atoms with Crippen LogP contribution < -0.4 is 0 Å². The minimum atomic E-state index is 1.19. The van der Waals surface area contributed by atoms with Gasteiger partial charge in [-0.1, -0.05) is 84.0 Å². The van der Waals surface area contributed by atoms with Crippen LogP contribution in [0.4, 0.5) is 0 Å².